The molecule has 0 aliphatic carbocycles. The summed E-state index contributed by atoms with van der Waals surface area (Å²) in [6, 6.07) is 7.30. The van der Waals surface area contributed by atoms with Crippen LogP contribution < -0.4 is 15.1 Å². The lowest BCUT2D eigenvalue weighted by molar-refractivity contribution is 0.102. The van der Waals surface area contributed by atoms with Crippen LogP contribution in [0.4, 0.5) is 16.6 Å². The summed E-state index contributed by atoms with van der Waals surface area (Å²) in [6.45, 7) is 6.34. The van der Waals surface area contributed by atoms with E-state index in [0.717, 1.165) is 60.2 Å². The van der Waals surface area contributed by atoms with Crippen LogP contribution >= 0.6 is 11.3 Å². The fourth-order valence-corrected chi connectivity index (χ4v) is 5.81. The van der Waals surface area contributed by atoms with Crippen molar-refractivity contribution in [1.82, 2.24) is 24.7 Å². The third kappa shape index (κ3) is 5.57. The monoisotopic (exact) mass is 546 g/mol. The van der Waals surface area contributed by atoms with Crippen molar-refractivity contribution in [2.45, 2.75) is 26.2 Å². The second kappa shape index (κ2) is 11.0. The Morgan fingerprint density at radius 3 is 2.69 bits per heavy atom. The summed E-state index contributed by atoms with van der Waals surface area (Å²) < 4.78 is 7.92. The number of carbonyl (C=O) groups is 1. The number of aliphatic hydroxyl groups excluding tert-OH is 1. The lowest BCUT2D eigenvalue weighted by Gasteiger charge is -2.29. The Kier molecular flexibility index (Phi) is 7.12. The molecule has 0 bridgehead atoms. The Balaban J connectivity index is 1.30. The van der Waals surface area contributed by atoms with Crippen LogP contribution in [0.3, 0.4) is 0 Å². The molecule has 2 N–H and O–H groups in total. The fourth-order valence-electron chi connectivity index (χ4n) is 4.81. The number of fused-ring (bicyclic) bond motifs is 1. The number of morpholine rings is 1. The van der Waals surface area contributed by atoms with Gasteiger partial charge >= 0.3 is 0 Å². The van der Waals surface area contributed by atoms with Crippen LogP contribution in [-0.2, 0) is 4.74 Å². The topological polar surface area (TPSA) is 122 Å². The molecule has 2 saturated heterocycles. The minimum absolute atomic E-state index is 0.138. The number of aliphatic hydroxyl groups is 1. The summed E-state index contributed by atoms with van der Waals surface area (Å²) in [5.41, 5.74) is 3.00. The van der Waals surface area contributed by atoms with Crippen LogP contribution in [0.2, 0.25) is 0 Å². The average molecular weight is 547 g/mol. The molecule has 0 spiro atoms. The van der Waals surface area contributed by atoms with Gasteiger partial charge in [0, 0.05) is 37.9 Å². The average Bonchev–Trinajstić information content (AvgIpc) is 3.60. The quantitative estimate of drug-likeness (QED) is 0.339. The van der Waals surface area contributed by atoms with Crippen LogP contribution in [0, 0.1) is 0 Å². The van der Waals surface area contributed by atoms with E-state index in [1.807, 2.05) is 12.1 Å². The summed E-state index contributed by atoms with van der Waals surface area (Å²) in [7, 11) is 0. The second-order valence-corrected chi connectivity index (χ2v) is 10.7. The van der Waals surface area contributed by atoms with E-state index >= 15 is 0 Å². The summed E-state index contributed by atoms with van der Waals surface area (Å²) in [6.07, 6.45) is 8.25. The Morgan fingerprint density at radius 2 is 1.90 bits per heavy atom. The summed E-state index contributed by atoms with van der Waals surface area (Å²) in [5, 5.41) is 17.7. The molecule has 6 heterocycles. The van der Waals surface area contributed by atoms with Gasteiger partial charge in [-0.25, -0.2) is 14.6 Å². The molecule has 39 heavy (non-hydrogen) atoms. The zero-order chi connectivity index (χ0) is 26.8. The van der Waals surface area contributed by atoms with Crippen molar-refractivity contribution in [2.24, 2.45) is 0 Å². The summed E-state index contributed by atoms with van der Waals surface area (Å²) >= 11 is 1.58. The molecule has 0 aromatic carbocycles. The molecule has 4 aromatic heterocycles. The third-order valence-electron chi connectivity index (χ3n) is 6.73. The Labute approximate surface area is 229 Å². The van der Waals surface area contributed by atoms with E-state index in [2.05, 4.69) is 25.2 Å². The molecule has 0 radical (unpaired) electrons. The van der Waals surface area contributed by atoms with Crippen molar-refractivity contribution < 1.29 is 14.6 Å². The van der Waals surface area contributed by atoms with Gasteiger partial charge in [-0.2, -0.15) is 10.1 Å². The molecule has 0 saturated carbocycles. The van der Waals surface area contributed by atoms with Crippen molar-refractivity contribution >= 4 is 50.4 Å². The number of amides is 1. The van der Waals surface area contributed by atoms with E-state index in [1.165, 1.54) is 17.3 Å². The number of hydrogen-bond acceptors (Lipinski definition) is 10. The van der Waals surface area contributed by atoms with Gasteiger partial charge in [0.05, 0.1) is 41.7 Å². The minimum atomic E-state index is -0.312. The van der Waals surface area contributed by atoms with Crippen LogP contribution in [0.5, 0.6) is 0 Å². The molecular weight excluding hydrogens is 516 g/mol. The van der Waals surface area contributed by atoms with E-state index in [0.29, 0.717) is 30.2 Å². The maximum atomic E-state index is 13.5. The van der Waals surface area contributed by atoms with Crippen LogP contribution in [0.15, 0.2) is 42.4 Å². The van der Waals surface area contributed by atoms with Crippen molar-refractivity contribution in [3.05, 3.63) is 48.1 Å². The van der Waals surface area contributed by atoms with Crippen molar-refractivity contribution in [3.63, 3.8) is 0 Å². The molecule has 1 amide bonds. The first-order valence-corrected chi connectivity index (χ1v) is 13.9. The molecule has 2 fully saturated rings. The maximum absolute atomic E-state index is 13.5. The number of pyridine rings is 2. The van der Waals surface area contributed by atoms with E-state index in [4.69, 9.17) is 14.7 Å². The number of aromatic nitrogens is 5. The van der Waals surface area contributed by atoms with E-state index in [1.54, 1.807) is 42.8 Å². The predicted octanol–water partition coefficient (Wildman–Crippen LogP) is 4.41. The van der Waals surface area contributed by atoms with Gasteiger partial charge in [0.2, 0.25) is 0 Å². The van der Waals surface area contributed by atoms with Crippen LogP contribution in [-0.4, -0.2) is 75.1 Å². The van der Waals surface area contributed by atoms with E-state index < -0.39 is 0 Å². The number of piperidine rings is 1. The Hall–Kier alpha value is -4.03. The highest BCUT2D eigenvalue weighted by molar-refractivity contribution is 7.22. The third-order valence-corrected chi connectivity index (χ3v) is 7.79. The predicted molar refractivity (Wildman–Crippen MR) is 152 cm³/mol. The van der Waals surface area contributed by atoms with Gasteiger partial charge in [0.25, 0.3) is 5.91 Å². The van der Waals surface area contributed by atoms with Gasteiger partial charge in [-0.3, -0.25) is 4.79 Å². The Bertz CT molecular complexity index is 1510. The van der Waals surface area contributed by atoms with Gasteiger partial charge in [0.15, 0.2) is 16.6 Å². The number of allylic oxidation sites excluding steroid dienone is 1. The Morgan fingerprint density at radius 1 is 1.08 bits per heavy atom. The molecule has 12 heteroatoms. The van der Waals surface area contributed by atoms with Gasteiger partial charge in [-0.1, -0.05) is 17.4 Å². The first-order chi connectivity index (χ1) is 19.0. The molecule has 2 aliphatic rings. The number of rotatable bonds is 6. The van der Waals surface area contributed by atoms with Crippen LogP contribution in [0.1, 0.15) is 36.7 Å². The SMILES string of the molecule is C/C(O)=C\n1cc(-c2cccc(C(=O)Nc3cc4sc(N5CCOCC5)nc4nc3N3CCCCC3)n2)cn1. The lowest BCUT2D eigenvalue weighted by Crippen LogP contribution is -2.36. The lowest BCUT2D eigenvalue weighted by atomic mass is 10.1. The van der Waals surface area contributed by atoms with Crippen molar-refractivity contribution in [1.29, 1.82) is 0 Å². The standard InChI is InChI=1S/C27H30N8O3S/c1-18(36)16-35-17-19(15-28-35)20-6-5-7-21(29-20)26(37)30-22-14-23-24(31-25(22)33-8-3-2-4-9-33)32-27(39-23)34-10-12-38-13-11-34/h5-7,14-17,36H,2-4,8-13H2,1H3,(H,30,37)/b18-16+. The number of carbonyl (C=O) groups excluding carboxylic acids is 1. The highest BCUT2D eigenvalue weighted by Crippen LogP contribution is 2.35. The molecule has 4 aromatic rings. The molecule has 2 aliphatic heterocycles. The first-order valence-electron chi connectivity index (χ1n) is 13.1. The van der Waals surface area contributed by atoms with Gasteiger partial charge in [-0.05, 0) is 44.4 Å². The molecule has 0 atom stereocenters. The van der Waals surface area contributed by atoms with Crippen molar-refractivity contribution in [2.75, 3.05) is 54.5 Å². The number of hydrogen-bond donors (Lipinski definition) is 2. The highest BCUT2D eigenvalue weighted by Gasteiger charge is 2.23. The number of ether oxygens (including phenoxy) is 1. The zero-order valence-electron chi connectivity index (χ0n) is 21.7. The van der Waals surface area contributed by atoms with Crippen molar-refractivity contribution in [3.8, 4) is 11.3 Å². The summed E-state index contributed by atoms with van der Waals surface area (Å²) in [5.74, 6) is 0.574. The molecule has 6 rings (SSSR count). The van der Waals surface area contributed by atoms with Gasteiger partial charge in [0.1, 0.15) is 11.5 Å². The number of thiazole rings is 1. The zero-order valence-corrected chi connectivity index (χ0v) is 22.5. The largest absolute Gasteiger partial charge is 0.511 e. The number of nitrogens with zero attached hydrogens (tertiary/aromatic N) is 7. The molecule has 0 unspecified atom stereocenters. The normalized spacial score (nSPS) is 16.6. The number of nitrogens with one attached hydrogen (secondary N) is 1. The molecular formula is C27H30N8O3S. The van der Waals surface area contributed by atoms with Crippen LogP contribution in [0.25, 0.3) is 27.8 Å². The van der Waals surface area contributed by atoms with E-state index in [9.17, 15) is 9.90 Å². The van der Waals surface area contributed by atoms with E-state index in [-0.39, 0.29) is 17.4 Å². The smallest absolute Gasteiger partial charge is 0.274 e. The van der Waals surface area contributed by atoms with Gasteiger partial charge < -0.3 is 25.0 Å². The second-order valence-electron chi connectivity index (χ2n) is 9.67. The summed E-state index contributed by atoms with van der Waals surface area (Å²) in [4.78, 5) is 32.3. The first kappa shape index (κ1) is 25.3. The number of anilines is 3. The molecule has 202 valence electrons. The molecule has 11 nitrogen and oxygen atoms in total. The minimum Gasteiger partial charge on any atom is -0.511 e. The van der Waals surface area contributed by atoms with Gasteiger partial charge in [-0.15, -0.1) is 0 Å². The highest BCUT2D eigenvalue weighted by atomic mass is 32.1. The maximum Gasteiger partial charge on any atom is 0.274 e. The fraction of sp³-hybridized carbons (Fsp3) is 0.370.